The van der Waals surface area contributed by atoms with Gasteiger partial charge in [0.1, 0.15) is 24.0 Å². The average Bonchev–Trinajstić information content (AvgIpc) is 3.76. The van der Waals surface area contributed by atoms with Gasteiger partial charge in [-0.05, 0) is 72.4 Å². The minimum atomic E-state index is -0.428. The second-order valence-electron chi connectivity index (χ2n) is 9.14. The smallest absolute Gasteiger partial charge is 0.341 e. The number of fused-ring (bicyclic) bond motifs is 1. The molecule has 5 nitrogen and oxygen atoms in total. The second kappa shape index (κ2) is 11.6. The van der Waals surface area contributed by atoms with Gasteiger partial charge in [0.25, 0.3) is 0 Å². The van der Waals surface area contributed by atoms with Crippen LogP contribution >= 0.6 is 11.6 Å². The third-order valence-corrected chi connectivity index (χ3v) is 6.55. The molecule has 0 spiro atoms. The zero-order valence-corrected chi connectivity index (χ0v) is 21.4. The van der Waals surface area contributed by atoms with Crippen LogP contribution in [-0.2, 0) is 9.47 Å². The lowest BCUT2D eigenvalue weighted by molar-refractivity contribution is 0.0127. The van der Waals surface area contributed by atoms with Crippen LogP contribution in [0.1, 0.15) is 46.1 Å². The van der Waals surface area contributed by atoms with E-state index in [1.54, 1.807) is 18.2 Å². The van der Waals surface area contributed by atoms with E-state index in [1.165, 1.54) is 20.0 Å². The van der Waals surface area contributed by atoms with E-state index < -0.39 is 5.97 Å². The number of hydrogen-bond donors (Lipinski definition) is 0. The minimum absolute atomic E-state index is 0.277. The fraction of sp³-hybridized carbons (Fsp3) is 0.226. The standard InChI is InChI=1S/C31H28ClNO4/c1-35-31(34)27-7-2-3-8-29(27)37-20-30(36-19-22-9-10-22)24-6-4-5-21(17-24)11-15-26-16-13-23-12-14-25(32)18-28(23)33-26/h2-8,11-18,22,30H,9-10,19-20H2,1H3/b15-11+. The summed E-state index contributed by atoms with van der Waals surface area (Å²) in [5.74, 6) is 0.663. The van der Waals surface area contributed by atoms with Crippen molar-refractivity contribution in [2.45, 2.75) is 18.9 Å². The first-order chi connectivity index (χ1) is 18.1. The van der Waals surface area contributed by atoms with E-state index in [1.807, 2.05) is 66.7 Å². The van der Waals surface area contributed by atoms with Gasteiger partial charge in [0.05, 0.1) is 24.9 Å². The second-order valence-corrected chi connectivity index (χ2v) is 9.58. The fourth-order valence-corrected chi connectivity index (χ4v) is 4.22. The summed E-state index contributed by atoms with van der Waals surface area (Å²) < 4.78 is 17.3. The first-order valence-corrected chi connectivity index (χ1v) is 12.7. The molecule has 0 amide bonds. The summed E-state index contributed by atoms with van der Waals surface area (Å²) in [6.45, 7) is 0.969. The third-order valence-electron chi connectivity index (χ3n) is 6.32. The lowest BCUT2D eigenvalue weighted by Gasteiger charge is -2.20. The molecule has 3 aromatic carbocycles. The number of rotatable bonds is 10. The molecule has 0 N–H and O–H groups in total. The van der Waals surface area contributed by atoms with Crippen molar-refractivity contribution < 1.29 is 19.0 Å². The lowest BCUT2D eigenvalue weighted by Crippen LogP contribution is -2.17. The van der Waals surface area contributed by atoms with Crippen LogP contribution < -0.4 is 4.74 Å². The molecule has 0 aliphatic heterocycles. The molecule has 1 aromatic heterocycles. The molecule has 0 bridgehead atoms. The molecule has 1 aliphatic rings. The molecule has 37 heavy (non-hydrogen) atoms. The van der Waals surface area contributed by atoms with E-state index in [4.69, 9.17) is 30.8 Å². The highest BCUT2D eigenvalue weighted by atomic mass is 35.5. The highest BCUT2D eigenvalue weighted by Gasteiger charge is 2.24. The van der Waals surface area contributed by atoms with E-state index in [2.05, 4.69) is 6.07 Å². The Hall–Kier alpha value is -3.67. The number of methoxy groups -OCH3 is 1. The SMILES string of the molecule is COC(=O)c1ccccc1OCC(OCC1CC1)c1cccc(/C=C/c2ccc3ccc(Cl)cc3n2)c1. The number of halogens is 1. The third kappa shape index (κ3) is 6.56. The average molecular weight is 514 g/mol. The molecule has 4 aromatic rings. The molecule has 1 aliphatic carbocycles. The van der Waals surface area contributed by atoms with Crippen molar-refractivity contribution in [2.75, 3.05) is 20.3 Å². The van der Waals surface area contributed by atoms with E-state index in [9.17, 15) is 4.79 Å². The monoisotopic (exact) mass is 513 g/mol. The maximum Gasteiger partial charge on any atom is 0.341 e. The molecular weight excluding hydrogens is 486 g/mol. The van der Waals surface area contributed by atoms with E-state index >= 15 is 0 Å². The summed E-state index contributed by atoms with van der Waals surface area (Å²) in [4.78, 5) is 16.8. The Morgan fingerprint density at radius 1 is 1.03 bits per heavy atom. The van der Waals surface area contributed by atoms with Crippen LogP contribution in [-0.4, -0.2) is 31.3 Å². The van der Waals surface area contributed by atoms with E-state index in [-0.39, 0.29) is 12.7 Å². The topological polar surface area (TPSA) is 57.7 Å². The highest BCUT2D eigenvalue weighted by Crippen LogP contribution is 2.32. The maximum absolute atomic E-state index is 12.1. The molecule has 6 heteroatoms. The van der Waals surface area contributed by atoms with Gasteiger partial charge in [-0.3, -0.25) is 0 Å². The van der Waals surface area contributed by atoms with Crippen LogP contribution in [0.4, 0.5) is 0 Å². The number of ether oxygens (including phenoxy) is 3. The number of para-hydroxylation sites is 1. The summed E-state index contributed by atoms with van der Waals surface area (Å²) in [5.41, 5.74) is 4.15. The Labute approximate surface area is 221 Å². The Kier molecular flexibility index (Phi) is 7.83. The first kappa shape index (κ1) is 25.0. The molecule has 0 saturated heterocycles. The van der Waals surface area contributed by atoms with Crippen LogP contribution in [0.15, 0.2) is 78.9 Å². The fourth-order valence-electron chi connectivity index (χ4n) is 4.06. The number of pyridine rings is 1. The highest BCUT2D eigenvalue weighted by molar-refractivity contribution is 6.31. The molecule has 1 heterocycles. The minimum Gasteiger partial charge on any atom is -0.490 e. The van der Waals surface area contributed by atoms with Gasteiger partial charge in [0.15, 0.2) is 0 Å². The van der Waals surface area contributed by atoms with Crippen molar-refractivity contribution in [2.24, 2.45) is 5.92 Å². The van der Waals surface area contributed by atoms with Crippen molar-refractivity contribution in [3.63, 3.8) is 0 Å². The van der Waals surface area contributed by atoms with Gasteiger partial charge in [-0.25, -0.2) is 9.78 Å². The normalized spacial score (nSPS) is 14.1. The van der Waals surface area contributed by atoms with Crippen LogP contribution in [0, 0.1) is 5.92 Å². The Morgan fingerprint density at radius 3 is 2.70 bits per heavy atom. The van der Waals surface area contributed by atoms with Crippen LogP contribution in [0.3, 0.4) is 0 Å². The number of aromatic nitrogens is 1. The summed E-state index contributed by atoms with van der Waals surface area (Å²) in [6, 6.07) is 25.0. The van der Waals surface area contributed by atoms with Crippen molar-refractivity contribution in [1.82, 2.24) is 4.98 Å². The van der Waals surface area contributed by atoms with E-state index in [0.717, 1.165) is 27.7 Å². The van der Waals surface area contributed by atoms with Crippen molar-refractivity contribution in [3.05, 3.63) is 106 Å². The quantitative estimate of drug-likeness (QED) is 0.207. The summed E-state index contributed by atoms with van der Waals surface area (Å²) in [6.07, 6.45) is 6.15. The zero-order chi connectivity index (χ0) is 25.6. The predicted octanol–water partition coefficient (Wildman–Crippen LogP) is 7.39. The van der Waals surface area contributed by atoms with Gasteiger partial charge < -0.3 is 14.2 Å². The van der Waals surface area contributed by atoms with Gasteiger partial charge in [-0.15, -0.1) is 0 Å². The Morgan fingerprint density at radius 2 is 1.86 bits per heavy atom. The van der Waals surface area contributed by atoms with Gasteiger partial charge in [-0.1, -0.05) is 60.1 Å². The molecule has 1 atom stereocenters. The maximum atomic E-state index is 12.1. The molecule has 188 valence electrons. The van der Waals surface area contributed by atoms with Gasteiger partial charge >= 0.3 is 5.97 Å². The number of carbonyl (C=O) groups excluding carboxylic acids is 1. The predicted molar refractivity (Wildman–Crippen MR) is 147 cm³/mol. The largest absolute Gasteiger partial charge is 0.490 e. The number of nitrogens with zero attached hydrogens (tertiary/aromatic N) is 1. The van der Waals surface area contributed by atoms with Crippen molar-refractivity contribution in [1.29, 1.82) is 0 Å². The number of carbonyl (C=O) groups is 1. The molecular formula is C31H28ClNO4. The van der Waals surface area contributed by atoms with Gasteiger partial charge in [-0.2, -0.15) is 0 Å². The summed E-state index contributed by atoms with van der Waals surface area (Å²) in [5, 5.41) is 1.72. The first-order valence-electron chi connectivity index (χ1n) is 12.3. The molecule has 1 unspecified atom stereocenters. The van der Waals surface area contributed by atoms with Gasteiger partial charge in [0.2, 0.25) is 0 Å². The Bertz CT molecular complexity index is 1430. The van der Waals surface area contributed by atoms with Crippen molar-refractivity contribution >= 4 is 40.6 Å². The van der Waals surface area contributed by atoms with Crippen molar-refractivity contribution in [3.8, 4) is 5.75 Å². The zero-order valence-electron chi connectivity index (χ0n) is 20.6. The van der Waals surface area contributed by atoms with Gasteiger partial charge in [0, 0.05) is 10.4 Å². The number of esters is 1. The van der Waals surface area contributed by atoms with Crippen LogP contribution in [0.25, 0.3) is 23.1 Å². The summed E-state index contributed by atoms with van der Waals surface area (Å²) in [7, 11) is 1.36. The lowest BCUT2D eigenvalue weighted by atomic mass is 10.1. The van der Waals surface area contributed by atoms with E-state index in [0.29, 0.717) is 28.9 Å². The number of hydrogen-bond acceptors (Lipinski definition) is 5. The molecule has 5 rings (SSSR count). The van der Waals surface area contributed by atoms with Crippen LogP contribution in [0.2, 0.25) is 5.02 Å². The number of benzene rings is 3. The summed E-state index contributed by atoms with van der Waals surface area (Å²) >= 11 is 6.13. The molecule has 0 radical (unpaired) electrons. The Balaban J connectivity index is 1.34. The van der Waals surface area contributed by atoms with Crippen LogP contribution in [0.5, 0.6) is 5.75 Å². The molecule has 1 saturated carbocycles. The molecule has 1 fully saturated rings.